The minimum absolute atomic E-state index is 0.112. The van der Waals surface area contributed by atoms with Crippen LogP contribution in [0.4, 0.5) is 0 Å². The van der Waals surface area contributed by atoms with Gasteiger partial charge in [0.1, 0.15) is 0 Å². The fourth-order valence-electron chi connectivity index (χ4n) is 3.18. The van der Waals surface area contributed by atoms with Gasteiger partial charge in [-0.05, 0) is 57.5 Å². The molecule has 114 valence electrons. The van der Waals surface area contributed by atoms with Gasteiger partial charge >= 0.3 is 0 Å². The van der Waals surface area contributed by atoms with Crippen LogP contribution in [0.3, 0.4) is 0 Å². The standard InChI is InChI=1S/C14H30N2O2S/c1-13(2,3)11-14(4,5)16-19(17,18)10-12-6-8-15-9-7-12/h12,15-16H,6-11H2,1-5H3. The minimum atomic E-state index is -3.19. The molecule has 0 saturated carbocycles. The first-order valence-electron chi connectivity index (χ1n) is 7.22. The van der Waals surface area contributed by atoms with E-state index in [2.05, 4.69) is 30.8 Å². The lowest BCUT2D eigenvalue weighted by molar-refractivity contribution is 0.268. The van der Waals surface area contributed by atoms with Crippen molar-refractivity contribution in [1.82, 2.24) is 10.0 Å². The molecule has 2 N–H and O–H groups in total. The molecule has 0 aromatic heterocycles. The molecular formula is C14H30N2O2S. The molecular weight excluding hydrogens is 260 g/mol. The van der Waals surface area contributed by atoms with Gasteiger partial charge < -0.3 is 5.32 Å². The van der Waals surface area contributed by atoms with E-state index in [0.717, 1.165) is 32.4 Å². The van der Waals surface area contributed by atoms with E-state index in [1.54, 1.807) is 0 Å². The van der Waals surface area contributed by atoms with Crippen LogP contribution in [0.5, 0.6) is 0 Å². The Kier molecular flexibility index (Phi) is 5.43. The second-order valence-corrected chi connectivity index (χ2v) is 9.47. The van der Waals surface area contributed by atoms with Crippen molar-refractivity contribution in [3.63, 3.8) is 0 Å². The average Bonchev–Trinajstić information content (AvgIpc) is 2.11. The van der Waals surface area contributed by atoms with Crippen LogP contribution in [-0.2, 0) is 10.0 Å². The molecule has 1 aliphatic rings. The molecule has 5 heteroatoms. The van der Waals surface area contributed by atoms with E-state index in [0.29, 0.717) is 5.92 Å². The van der Waals surface area contributed by atoms with Crippen molar-refractivity contribution in [3.8, 4) is 0 Å². The van der Waals surface area contributed by atoms with Crippen molar-refractivity contribution in [3.05, 3.63) is 0 Å². The van der Waals surface area contributed by atoms with Crippen molar-refractivity contribution >= 4 is 10.0 Å². The van der Waals surface area contributed by atoms with E-state index < -0.39 is 10.0 Å². The van der Waals surface area contributed by atoms with Gasteiger partial charge in [0.05, 0.1) is 5.75 Å². The van der Waals surface area contributed by atoms with Crippen molar-refractivity contribution in [1.29, 1.82) is 0 Å². The summed E-state index contributed by atoms with van der Waals surface area (Å²) in [6, 6.07) is 0. The van der Waals surface area contributed by atoms with Crippen molar-refractivity contribution in [2.24, 2.45) is 11.3 Å². The van der Waals surface area contributed by atoms with E-state index in [1.165, 1.54) is 0 Å². The van der Waals surface area contributed by atoms with E-state index in [-0.39, 0.29) is 16.7 Å². The lowest BCUT2D eigenvalue weighted by Crippen LogP contribution is -2.47. The average molecular weight is 290 g/mol. The van der Waals surface area contributed by atoms with Gasteiger partial charge in [-0.3, -0.25) is 0 Å². The van der Waals surface area contributed by atoms with Gasteiger partial charge in [-0.25, -0.2) is 13.1 Å². The largest absolute Gasteiger partial charge is 0.317 e. The van der Waals surface area contributed by atoms with Crippen molar-refractivity contribution < 1.29 is 8.42 Å². The first kappa shape index (κ1) is 16.9. The van der Waals surface area contributed by atoms with Crippen LogP contribution in [0.2, 0.25) is 0 Å². The number of piperidine rings is 1. The Morgan fingerprint density at radius 3 is 2.11 bits per heavy atom. The van der Waals surface area contributed by atoms with Gasteiger partial charge in [-0.1, -0.05) is 20.8 Å². The van der Waals surface area contributed by atoms with E-state index in [4.69, 9.17) is 0 Å². The van der Waals surface area contributed by atoms with Crippen LogP contribution in [0.15, 0.2) is 0 Å². The summed E-state index contributed by atoms with van der Waals surface area (Å²) >= 11 is 0. The third-order valence-corrected chi connectivity index (χ3v) is 5.09. The molecule has 0 amide bonds. The molecule has 1 rings (SSSR count). The molecule has 0 aromatic rings. The Balaban J connectivity index is 2.57. The highest BCUT2D eigenvalue weighted by Gasteiger charge is 2.31. The molecule has 0 aromatic carbocycles. The smallest absolute Gasteiger partial charge is 0.212 e. The molecule has 0 bridgehead atoms. The molecule has 0 aliphatic carbocycles. The van der Waals surface area contributed by atoms with Crippen LogP contribution in [-0.4, -0.2) is 32.8 Å². The Bertz CT molecular complexity index is 377. The van der Waals surface area contributed by atoms with Crippen LogP contribution >= 0.6 is 0 Å². The van der Waals surface area contributed by atoms with E-state index in [9.17, 15) is 8.42 Å². The third kappa shape index (κ3) is 7.28. The number of rotatable bonds is 5. The van der Waals surface area contributed by atoms with E-state index in [1.807, 2.05) is 13.8 Å². The summed E-state index contributed by atoms with van der Waals surface area (Å²) < 4.78 is 27.4. The third-order valence-electron chi connectivity index (χ3n) is 3.32. The molecule has 0 atom stereocenters. The predicted molar refractivity (Wildman–Crippen MR) is 80.7 cm³/mol. The second kappa shape index (κ2) is 6.10. The summed E-state index contributed by atoms with van der Waals surface area (Å²) in [5.74, 6) is 0.562. The Labute approximate surface area is 118 Å². The maximum Gasteiger partial charge on any atom is 0.212 e. The summed E-state index contributed by atoms with van der Waals surface area (Å²) in [5, 5.41) is 3.26. The molecule has 1 fully saturated rings. The van der Waals surface area contributed by atoms with Crippen LogP contribution in [0.1, 0.15) is 53.9 Å². The van der Waals surface area contributed by atoms with Gasteiger partial charge in [0, 0.05) is 5.54 Å². The zero-order chi connectivity index (χ0) is 14.7. The van der Waals surface area contributed by atoms with Gasteiger partial charge in [0.25, 0.3) is 0 Å². The number of hydrogen-bond donors (Lipinski definition) is 2. The van der Waals surface area contributed by atoms with E-state index >= 15 is 0 Å². The normalized spacial score (nSPS) is 19.6. The predicted octanol–water partition coefficient (Wildman–Crippen LogP) is 2.12. The lowest BCUT2D eigenvalue weighted by Gasteiger charge is -2.33. The highest BCUT2D eigenvalue weighted by molar-refractivity contribution is 7.89. The highest BCUT2D eigenvalue weighted by Crippen LogP contribution is 2.27. The lowest BCUT2D eigenvalue weighted by atomic mass is 9.82. The molecule has 0 spiro atoms. The Morgan fingerprint density at radius 2 is 1.63 bits per heavy atom. The monoisotopic (exact) mass is 290 g/mol. The first-order chi connectivity index (χ1) is 8.49. The molecule has 4 nitrogen and oxygen atoms in total. The molecule has 19 heavy (non-hydrogen) atoms. The van der Waals surface area contributed by atoms with Gasteiger partial charge in [-0.2, -0.15) is 0 Å². The number of nitrogens with one attached hydrogen (secondary N) is 2. The fraction of sp³-hybridized carbons (Fsp3) is 1.00. The maximum atomic E-state index is 12.3. The first-order valence-corrected chi connectivity index (χ1v) is 8.87. The van der Waals surface area contributed by atoms with Crippen LogP contribution in [0, 0.1) is 11.3 Å². The van der Waals surface area contributed by atoms with Crippen LogP contribution in [0.25, 0.3) is 0 Å². The van der Waals surface area contributed by atoms with Crippen molar-refractivity contribution in [2.45, 2.75) is 59.4 Å². The summed E-state index contributed by atoms with van der Waals surface area (Å²) in [5.41, 5.74) is -0.273. The van der Waals surface area contributed by atoms with Gasteiger partial charge in [0.2, 0.25) is 10.0 Å². The summed E-state index contributed by atoms with van der Waals surface area (Å²) in [7, 11) is -3.19. The SMILES string of the molecule is CC(C)(C)CC(C)(C)NS(=O)(=O)CC1CCNCC1. The van der Waals surface area contributed by atoms with Crippen LogP contribution < -0.4 is 10.0 Å². The quantitative estimate of drug-likeness (QED) is 0.815. The minimum Gasteiger partial charge on any atom is -0.317 e. The zero-order valence-corrected chi connectivity index (χ0v) is 13.9. The summed E-state index contributed by atoms with van der Waals surface area (Å²) in [6.07, 6.45) is 2.74. The van der Waals surface area contributed by atoms with Crippen molar-refractivity contribution in [2.75, 3.05) is 18.8 Å². The Hall–Kier alpha value is -0.130. The molecule has 1 saturated heterocycles. The van der Waals surface area contributed by atoms with Gasteiger partial charge in [0.15, 0.2) is 0 Å². The number of sulfonamides is 1. The molecule has 1 heterocycles. The number of hydrogen-bond acceptors (Lipinski definition) is 3. The molecule has 0 unspecified atom stereocenters. The summed E-state index contributed by atoms with van der Waals surface area (Å²) in [4.78, 5) is 0. The van der Waals surface area contributed by atoms with Gasteiger partial charge in [-0.15, -0.1) is 0 Å². The second-order valence-electron chi connectivity index (χ2n) is 7.70. The summed E-state index contributed by atoms with van der Waals surface area (Å²) in [6.45, 7) is 12.2. The Morgan fingerprint density at radius 1 is 1.11 bits per heavy atom. The maximum absolute atomic E-state index is 12.3. The molecule has 1 aliphatic heterocycles. The molecule has 0 radical (unpaired) electrons. The highest BCUT2D eigenvalue weighted by atomic mass is 32.2. The topological polar surface area (TPSA) is 58.2 Å². The zero-order valence-electron chi connectivity index (χ0n) is 13.0. The fourth-order valence-corrected chi connectivity index (χ4v) is 5.13.